The summed E-state index contributed by atoms with van der Waals surface area (Å²) in [7, 11) is 1.83. The van der Waals surface area contributed by atoms with E-state index in [2.05, 4.69) is 15.2 Å². The fourth-order valence-corrected chi connectivity index (χ4v) is 14.1. The van der Waals surface area contributed by atoms with Crippen LogP contribution in [0.1, 0.15) is 80.7 Å². The number of anilines is 2. The van der Waals surface area contributed by atoms with E-state index >= 15 is 8.78 Å². The molecule has 3 saturated heterocycles. The number of alkyl halides is 1. The molecular formula is C59H58ClF3N10O7S. The van der Waals surface area contributed by atoms with Crippen LogP contribution < -0.4 is 31.0 Å². The van der Waals surface area contributed by atoms with Gasteiger partial charge in [0.25, 0.3) is 11.5 Å². The summed E-state index contributed by atoms with van der Waals surface area (Å²) in [6, 6.07) is 12.8. The van der Waals surface area contributed by atoms with E-state index in [9.17, 15) is 29.1 Å². The highest BCUT2D eigenvalue weighted by Crippen LogP contribution is 2.47. The van der Waals surface area contributed by atoms with Gasteiger partial charge in [0.15, 0.2) is 11.4 Å². The number of carbonyl (C=O) groups excluding carboxylic acids is 2. The lowest BCUT2D eigenvalue weighted by Gasteiger charge is -2.41. The van der Waals surface area contributed by atoms with E-state index in [1.165, 1.54) is 12.1 Å². The Kier molecular flexibility index (Phi) is 14.0. The van der Waals surface area contributed by atoms with Gasteiger partial charge in [0.1, 0.15) is 60.0 Å². The number of nitriles is 1. The van der Waals surface area contributed by atoms with Crippen molar-refractivity contribution < 1.29 is 42.1 Å². The van der Waals surface area contributed by atoms with Crippen molar-refractivity contribution in [1.82, 2.24) is 34.6 Å². The lowest BCUT2D eigenvalue weighted by molar-refractivity contribution is -0.172. The molecule has 0 aliphatic carbocycles. The molecule has 0 unspecified atom stereocenters. The Morgan fingerprint density at radius 1 is 1.07 bits per heavy atom. The Morgan fingerprint density at radius 3 is 2.67 bits per heavy atom. The third-order valence-electron chi connectivity index (χ3n) is 17.0. The molecule has 3 aromatic carbocycles. The summed E-state index contributed by atoms with van der Waals surface area (Å²) in [5.41, 5.74) is 7.77. The second-order valence-corrected chi connectivity index (χ2v) is 23.1. The number of benzene rings is 3. The standard InChI is InChI=1S/C59H58ClF3N10O7S/c1-5-34-36-19-33(10-13-44(36)67-49-39(34)26-73-45(49)21-41-40(55(73)75)28-79-56(76)59(41,77)6-2)78-27-31(9-7-15-66-4)54(74)70-17-18-72(30(3)24-70)53-37-20-42(60)47(35-11-12-43(62)51-46(35)38(23-64)52(65)81-51)48(63)50(37)68-57(69-53)80-29-58-14-8-16-71(58)25-32(61)22-58/h9-13,19-21,30,32,66,77H,5-8,14-18,22,24-29,65H2,1-4H3/b31-9+/t30-,32+,58-,59-/m0/s1. The highest BCUT2D eigenvalue weighted by atomic mass is 35.5. The van der Waals surface area contributed by atoms with Gasteiger partial charge in [-0.3, -0.25) is 14.5 Å². The van der Waals surface area contributed by atoms with Gasteiger partial charge >= 0.3 is 12.0 Å². The summed E-state index contributed by atoms with van der Waals surface area (Å²) in [6.45, 7) is 8.05. The molecule has 0 bridgehead atoms. The molecule has 5 aliphatic rings. The fraction of sp³-hybridized carbons (Fsp3) is 0.407. The number of nitrogen functional groups attached to an aromatic ring is 1. The van der Waals surface area contributed by atoms with Crippen molar-refractivity contribution >= 4 is 77.5 Å². The first-order valence-electron chi connectivity index (χ1n) is 27.3. The minimum atomic E-state index is -1.95. The molecule has 4 N–H and O–H groups in total. The normalized spacial score (nSPS) is 21.6. The molecule has 22 heteroatoms. The number of rotatable bonds is 14. The minimum absolute atomic E-state index is 0.000791. The number of piperazine rings is 1. The Hall–Kier alpha value is -7.35. The number of aromatic nitrogens is 4. The summed E-state index contributed by atoms with van der Waals surface area (Å²) >= 11 is 7.93. The molecule has 1 amide bonds. The number of hydrogen-bond donors (Lipinski definition) is 3. The number of amides is 1. The maximum Gasteiger partial charge on any atom is 0.343 e. The monoisotopic (exact) mass is 1140 g/mol. The predicted molar refractivity (Wildman–Crippen MR) is 302 cm³/mol. The highest BCUT2D eigenvalue weighted by Gasteiger charge is 2.50. The summed E-state index contributed by atoms with van der Waals surface area (Å²) in [4.78, 5) is 61.8. The van der Waals surface area contributed by atoms with Gasteiger partial charge in [-0.1, -0.05) is 37.6 Å². The van der Waals surface area contributed by atoms with E-state index < -0.39 is 41.0 Å². The van der Waals surface area contributed by atoms with E-state index in [0.717, 1.165) is 47.2 Å². The number of ether oxygens (including phenoxy) is 3. The van der Waals surface area contributed by atoms with Gasteiger partial charge < -0.3 is 44.7 Å². The maximum absolute atomic E-state index is 17.6. The Balaban J connectivity index is 0.829. The van der Waals surface area contributed by atoms with Crippen molar-refractivity contribution in [2.45, 2.75) is 95.8 Å². The van der Waals surface area contributed by atoms with Crippen LogP contribution in [0.3, 0.4) is 0 Å². The topological polar surface area (TPSA) is 214 Å². The smallest absolute Gasteiger partial charge is 0.343 e. The van der Waals surface area contributed by atoms with Gasteiger partial charge in [-0.25, -0.2) is 22.9 Å². The first kappa shape index (κ1) is 54.2. The van der Waals surface area contributed by atoms with E-state index in [1.807, 2.05) is 50.1 Å². The van der Waals surface area contributed by atoms with E-state index in [4.69, 9.17) is 41.5 Å². The summed E-state index contributed by atoms with van der Waals surface area (Å²) < 4.78 is 67.6. The second kappa shape index (κ2) is 20.9. The number of thiophene rings is 1. The summed E-state index contributed by atoms with van der Waals surface area (Å²) in [6.07, 6.45) is 3.92. The van der Waals surface area contributed by atoms with Crippen LogP contribution in [0.2, 0.25) is 5.02 Å². The molecule has 5 aliphatic heterocycles. The van der Waals surface area contributed by atoms with Crippen molar-refractivity contribution in [3.63, 3.8) is 0 Å². The molecule has 81 heavy (non-hydrogen) atoms. The van der Waals surface area contributed by atoms with Crippen molar-refractivity contribution in [2.75, 3.05) is 70.2 Å². The number of cyclic esters (lactones) is 1. The number of nitrogens with zero attached hydrogens (tertiary/aromatic N) is 8. The number of pyridine rings is 2. The van der Waals surface area contributed by atoms with Crippen LogP contribution in [0.25, 0.3) is 54.4 Å². The Labute approximate surface area is 472 Å². The van der Waals surface area contributed by atoms with Crippen LogP contribution >= 0.6 is 22.9 Å². The van der Waals surface area contributed by atoms with Crippen LogP contribution in [0.15, 0.2) is 58.9 Å². The lowest BCUT2D eigenvalue weighted by atomic mass is 9.86. The number of nitrogens with two attached hydrogens (primary N) is 1. The molecule has 4 aromatic heterocycles. The number of halogens is 4. The number of esters is 1. The van der Waals surface area contributed by atoms with Gasteiger partial charge in [-0.15, -0.1) is 11.3 Å². The molecule has 420 valence electrons. The van der Waals surface area contributed by atoms with E-state index in [0.29, 0.717) is 60.0 Å². The van der Waals surface area contributed by atoms with Crippen molar-refractivity contribution in [3.05, 3.63) is 109 Å². The molecule has 0 saturated carbocycles. The number of aliphatic hydroxyl groups is 1. The number of nitrogens with one attached hydrogen (secondary N) is 1. The fourth-order valence-electron chi connectivity index (χ4n) is 12.9. The molecule has 9 heterocycles. The van der Waals surface area contributed by atoms with Crippen LogP contribution in [0.4, 0.5) is 24.0 Å². The highest BCUT2D eigenvalue weighted by molar-refractivity contribution is 7.23. The Morgan fingerprint density at radius 2 is 1.90 bits per heavy atom. The van der Waals surface area contributed by atoms with Gasteiger partial charge in [-0.2, -0.15) is 15.2 Å². The van der Waals surface area contributed by atoms with E-state index in [1.54, 1.807) is 34.6 Å². The van der Waals surface area contributed by atoms with Gasteiger partial charge in [0, 0.05) is 71.5 Å². The summed E-state index contributed by atoms with van der Waals surface area (Å²) in [5, 5.41) is 25.9. The third-order valence-corrected chi connectivity index (χ3v) is 18.4. The minimum Gasteiger partial charge on any atom is -0.489 e. The lowest BCUT2D eigenvalue weighted by Crippen LogP contribution is -2.54. The average Bonchev–Trinajstić information content (AvgIpc) is 4.13. The third kappa shape index (κ3) is 8.92. The molecule has 7 aromatic rings. The zero-order chi connectivity index (χ0) is 56.8. The zero-order valence-corrected chi connectivity index (χ0v) is 46.6. The van der Waals surface area contributed by atoms with Gasteiger partial charge in [0.05, 0.1) is 55.4 Å². The van der Waals surface area contributed by atoms with Gasteiger partial charge in [-0.05, 0) is 107 Å². The molecule has 0 radical (unpaired) electrons. The molecule has 3 fully saturated rings. The first-order chi connectivity index (χ1) is 39.0. The largest absolute Gasteiger partial charge is 0.489 e. The summed E-state index contributed by atoms with van der Waals surface area (Å²) in [5.74, 6) is -1.68. The van der Waals surface area contributed by atoms with Crippen molar-refractivity contribution in [2.24, 2.45) is 0 Å². The van der Waals surface area contributed by atoms with Crippen LogP contribution in [0, 0.1) is 23.0 Å². The van der Waals surface area contributed by atoms with Crippen LogP contribution in [0.5, 0.6) is 11.8 Å². The predicted octanol–water partition coefficient (Wildman–Crippen LogP) is 8.46. The molecule has 17 nitrogen and oxygen atoms in total. The number of fused-ring (bicyclic) bond motifs is 8. The average molecular weight is 1140 g/mol. The van der Waals surface area contributed by atoms with Crippen molar-refractivity contribution in [1.29, 1.82) is 5.26 Å². The first-order valence-corrected chi connectivity index (χ1v) is 28.5. The van der Waals surface area contributed by atoms with Gasteiger partial charge in [0.2, 0.25) is 0 Å². The van der Waals surface area contributed by atoms with Crippen LogP contribution in [-0.4, -0.2) is 124 Å². The number of aryl methyl sites for hydroxylation is 1. The molecule has 0 spiro atoms. The maximum atomic E-state index is 17.6. The number of carbonyl (C=O) groups is 2. The van der Waals surface area contributed by atoms with E-state index in [-0.39, 0.29) is 135 Å². The zero-order valence-electron chi connectivity index (χ0n) is 45.1. The number of hydrogen-bond acceptors (Lipinski definition) is 16. The molecule has 12 rings (SSSR count). The quantitative estimate of drug-likeness (QED) is 0.0529. The SMILES string of the molecule is CCc1c2c(nc3ccc(OC/C(=C\CCNC)C(=O)N4CCN(c5nc(OC[C@@]67CCCN6C[C@H](F)C7)nc6c(F)c(-c7ccc(F)c8sc(N)c(C#N)c78)c(Cl)cc56)[C@@H](C)C4)cc13)-c1cc3c(c(=O)n1C2)COC(=O)[C@]3(O)CC. The molecular weight excluding hydrogens is 1090 g/mol. The van der Waals surface area contributed by atoms with Crippen LogP contribution in [-0.2, 0) is 39.5 Å². The molecule has 4 atom stereocenters. The van der Waals surface area contributed by atoms with Crippen molar-refractivity contribution in [3.8, 4) is 40.3 Å². The Bertz CT molecular complexity index is 3940. The second-order valence-electron chi connectivity index (χ2n) is 21.6.